The molecule has 0 amide bonds. The minimum atomic E-state index is -1.25. The standard InChI is InChI=1S/C9H9BrFNO3/c10-2-8(14)9(15)7-1-5(4-13)6(11)3-12-7/h1,3-4,8-9,14-15H,2H2. The molecule has 0 bridgehead atoms. The Balaban J connectivity index is 3.00. The predicted molar refractivity (Wildman–Crippen MR) is 54.3 cm³/mol. The summed E-state index contributed by atoms with van der Waals surface area (Å²) >= 11 is 2.98. The maximum Gasteiger partial charge on any atom is 0.153 e. The molecular weight excluding hydrogens is 269 g/mol. The molecule has 15 heavy (non-hydrogen) atoms. The van der Waals surface area contributed by atoms with Crippen molar-refractivity contribution in [3.63, 3.8) is 0 Å². The molecule has 82 valence electrons. The number of aliphatic hydroxyl groups is 2. The Morgan fingerprint density at radius 3 is 2.80 bits per heavy atom. The van der Waals surface area contributed by atoms with Crippen molar-refractivity contribution >= 4 is 22.2 Å². The van der Waals surface area contributed by atoms with Crippen LogP contribution in [-0.4, -0.2) is 32.9 Å². The van der Waals surface area contributed by atoms with Crippen molar-refractivity contribution < 1.29 is 19.4 Å². The van der Waals surface area contributed by atoms with Gasteiger partial charge >= 0.3 is 0 Å². The molecule has 0 spiro atoms. The van der Waals surface area contributed by atoms with Gasteiger partial charge in [-0.15, -0.1) is 0 Å². The molecule has 2 N–H and O–H groups in total. The molecule has 0 aliphatic heterocycles. The van der Waals surface area contributed by atoms with Gasteiger partial charge in [0.25, 0.3) is 0 Å². The number of aromatic nitrogens is 1. The average Bonchev–Trinajstić information content (AvgIpc) is 2.27. The average molecular weight is 278 g/mol. The van der Waals surface area contributed by atoms with Gasteiger partial charge in [0.1, 0.15) is 6.10 Å². The first kappa shape index (κ1) is 12.2. The molecule has 0 aliphatic carbocycles. The first-order chi connectivity index (χ1) is 7.10. The van der Waals surface area contributed by atoms with Gasteiger partial charge in [-0.25, -0.2) is 4.39 Å². The minimum absolute atomic E-state index is 0.0606. The number of hydrogen-bond donors (Lipinski definition) is 2. The molecule has 0 saturated heterocycles. The maximum absolute atomic E-state index is 12.9. The molecular formula is C9H9BrFNO3. The van der Waals surface area contributed by atoms with Gasteiger partial charge in [-0.3, -0.25) is 9.78 Å². The third-order valence-electron chi connectivity index (χ3n) is 1.86. The summed E-state index contributed by atoms with van der Waals surface area (Å²) in [5.74, 6) is -0.755. The van der Waals surface area contributed by atoms with E-state index in [-0.39, 0.29) is 16.6 Å². The van der Waals surface area contributed by atoms with E-state index < -0.39 is 18.0 Å². The SMILES string of the molecule is O=Cc1cc(C(O)C(O)CBr)ncc1F. The lowest BCUT2D eigenvalue weighted by Gasteiger charge is -2.14. The lowest BCUT2D eigenvalue weighted by Crippen LogP contribution is -2.20. The van der Waals surface area contributed by atoms with Crippen LogP contribution in [-0.2, 0) is 0 Å². The van der Waals surface area contributed by atoms with Crippen molar-refractivity contribution in [2.45, 2.75) is 12.2 Å². The van der Waals surface area contributed by atoms with E-state index in [1.165, 1.54) is 0 Å². The third kappa shape index (κ3) is 2.80. The summed E-state index contributed by atoms with van der Waals surface area (Å²) in [5.41, 5.74) is -0.133. The van der Waals surface area contributed by atoms with Crippen LogP contribution in [0.25, 0.3) is 0 Å². The highest BCUT2D eigenvalue weighted by Gasteiger charge is 2.19. The van der Waals surface area contributed by atoms with Gasteiger partial charge < -0.3 is 10.2 Å². The van der Waals surface area contributed by atoms with Gasteiger partial charge in [0.2, 0.25) is 0 Å². The lowest BCUT2D eigenvalue weighted by atomic mass is 10.1. The summed E-state index contributed by atoms with van der Waals surface area (Å²) in [7, 11) is 0. The summed E-state index contributed by atoms with van der Waals surface area (Å²) < 4.78 is 12.9. The molecule has 0 fully saturated rings. The largest absolute Gasteiger partial charge is 0.389 e. The Labute approximate surface area is 93.9 Å². The first-order valence-corrected chi connectivity index (χ1v) is 5.25. The molecule has 1 rings (SSSR count). The van der Waals surface area contributed by atoms with Crippen LogP contribution in [0, 0.1) is 5.82 Å². The normalized spacial score (nSPS) is 14.7. The van der Waals surface area contributed by atoms with E-state index in [2.05, 4.69) is 20.9 Å². The van der Waals surface area contributed by atoms with Gasteiger partial charge in [0.15, 0.2) is 12.1 Å². The van der Waals surface area contributed by atoms with Crippen LogP contribution in [0.2, 0.25) is 0 Å². The highest BCUT2D eigenvalue weighted by molar-refractivity contribution is 9.09. The van der Waals surface area contributed by atoms with E-state index >= 15 is 0 Å². The number of carbonyl (C=O) groups excluding carboxylic acids is 1. The molecule has 6 heteroatoms. The van der Waals surface area contributed by atoms with E-state index in [9.17, 15) is 19.4 Å². The van der Waals surface area contributed by atoms with Crippen molar-refractivity contribution in [2.24, 2.45) is 0 Å². The number of nitrogens with zero attached hydrogens (tertiary/aromatic N) is 1. The predicted octanol–water partition coefficient (Wildman–Crippen LogP) is 0.822. The molecule has 0 aromatic carbocycles. The third-order valence-corrected chi connectivity index (χ3v) is 2.52. The Morgan fingerprint density at radius 1 is 1.60 bits per heavy atom. The number of rotatable bonds is 4. The van der Waals surface area contributed by atoms with Crippen molar-refractivity contribution in [1.29, 1.82) is 0 Å². The van der Waals surface area contributed by atoms with Crippen LogP contribution in [0.3, 0.4) is 0 Å². The van der Waals surface area contributed by atoms with Crippen LogP contribution in [0.4, 0.5) is 4.39 Å². The van der Waals surface area contributed by atoms with Crippen LogP contribution in [0.5, 0.6) is 0 Å². The van der Waals surface area contributed by atoms with Gasteiger partial charge in [-0.2, -0.15) is 0 Å². The molecule has 0 saturated carbocycles. The van der Waals surface area contributed by atoms with Gasteiger partial charge in [-0.05, 0) is 6.07 Å². The van der Waals surface area contributed by atoms with E-state index in [0.29, 0.717) is 6.29 Å². The second kappa shape index (κ2) is 5.29. The van der Waals surface area contributed by atoms with Gasteiger partial charge in [0.05, 0.1) is 23.6 Å². The molecule has 1 heterocycles. The fourth-order valence-electron chi connectivity index (χ4n) is 1.00. The van der Waals surface area contributed by atoms with E-state index in [4.69, 9.17) is 0 Å². The minimum Gasteiger partial charge on any atom is -0.389 e. The summed E-state index contributed by atoms with van der Waals surface area (Å²) in [6, 6.07) is 1.11. The number of aliphatic hydroxyl groups excluding tert-OH is 2. The van der Waals surface area contributed by atoms with Crippen LogP contribution in [0.15, 0.2) is 12.3 Å². The van der Waals surface area contributed by atoms with Crippen molar-refractivity contribution in [1.82, 2.24) is 4.98 Å². The molecule has 2 unspecified atom stereocenters. The summed E-state index contributed by atoms with van der Waals surface area (Å²) in [6.07, 6.45) is -1.14. The lowest BCUT2D eigenvalue weighted by molar-refractivity contribution is 0.0314. The molecule has 0 radical (unpaired) electrons. The van der Waals surface area contributed by atoms with Crippen molar-refractivity contribution in [2.75, 3.05) is 5.33 Å². The zero-order valence-corrected chi connectivity index (χ0v) is 9.19. The second-order valence-electron chi connectivity index (χ2n) is 2.92. The van der Waals surface area contributed by atoms with Crippen molar-refractivity contribution in [3.8, 4) is 0 Å². The summed E-state index contributed by atoms with van der Waals surface area (Å²) in [6.45, 7) is 0. The smallest absolute Gasteiger partial charge is 0.153 e. The second-order valence-corrected chi connectivity index (χ2v) is 3.56. The Hall–Kier alpha value is -0.850. The van der Waals surface area contributed by atoms with E-state index in [1.807, 2.05) is 0 Å². The first-order valence-electron chi connectivity index (χ1n) is 4.13. The Morgan fingerprint density at radius 2 is 2.27 bits per heavy atom. The molecule has 0 aliphatic rings. The highest BCUT2D eigenvalue weighted by atomic mass is 79.9. The van der Waals surface area contributed by atoms with Crippen LogP contribution >= 0.6 is 15.9 Å². The number of alkyl halides is 1. The number of carbonyl (C=O) groups is 1. The van der Waals surface area contributed by atoms with Crippen LogP contribution < -0.4 is 0 Å². The van der Waals surface area contributed by atoms with Gasteiger partial charge in [-0.1, -0.05) is 15.9 Å². The summed E-state index contributed by atoms with van der Waals surface area (Å²) in [5, 5.41) is 19.0. The Bertz CT molecular complexity index is 361. The number of halogens is 2. The van der Waals surface area contributed by atoms with Crippen molar-refractivity contribution in [3.05, 3.63) is 29.3 Å². The molecule has 4 nitrogen and oxygen atoms in total. The zero-order valence-electron chi connectivity index (χ0n) is 7.60. The fraction of sp³-hybridized carbons (Fsp3) is 0.333. The Kier molecular flexibility index (Phi) is 4.31. The molecule has 1 aromatic rings. The van der Waals surface area contributed by atoms with E-state index in [1.54, 1.807) is 0 Å². The number of pyridine rings is 1. The summed E-state index contributed by atoms with van der Waals surface area (Å²) in [4.78, 5) is 14.0. The van der Waals surface area contributed by atoms with Gasteiger partial charge in [0, 0.05) is 5.33 Å². The molecule has 1 aromatic heterocycles. The maximum atomic E-state index is 12.9. The number of aldehydes is 1. The topological polar surface area (TPSA) is 70.4 Å². The highest BCUT2D eigenvalue weighted by Crippen LogP contribution is 2.17. The zero-order chi connectivity index (χ0) is 11.4. The number of hydrogen-bond acceptors (Lipinski definition) is 4. The monoisotopic (exact) mass is 277 g/mol. The van der Waals surface area contributed by atoms with E-state index in [0.717, 1.165) is 12.3 Å². The molecule has 2 atom stereocenters. The quantitative estimate of drug-likeness (QED) is 0.632. The fourth-order valence-corrected chi connectivity index (χ4v) is 1.36. The van der Waals surface area contributed by atoms with Crippen LogP contribution in [0.1, 0.15) is 22.2 Å².